The summed E-state index contributed by atoms with van der Waals surface area (Å²) in [6.45, 7) is 8.63. The molecule has 27 heavy (non-hydrogen) atoms. The molecule has 5 heteroatoms. The molecule has 5 nitrogen and oxygen atoms in total. The Hall–Kier alpha value is -3.34. The van der Waals surface area contributed by atoms with Gasteiger partial charge >= 0.3 is 0 Å². The van der Waals surface area contributed by atoms with Crippen LogP contribution in [0, 0.1) is 0 Å². The molecule has 0 unspecified atom stereocenters. The number of imidazole rings is 1. The number of methoxy groups -OCH3 is 1. The molecule has 0 fully saturated rings. The molecular formula is C22H23N3O2. The van der Waals surface area contributed by atoms with Crippen molar-refractivity contribution in [2.45, 2.75) is 6.54 Å². The zero-order valence-electron chi connectivity index (χ0n) is 15.5. The third kappa shape index (κ3) is 3.92. The van der Waals surface area contributed by atoms with Crippen molar-refractivity contribution in [1.82, 2.24) is 14.5 Å². The van der Waals surface area contributed by atoms with E-state index in [1.54, 1.807) is 24.2 Å². The van der Waals surface area contributed by atoms with Crippen molar-refractivity contribution in [3.05, 3.63) is 73.8 Å². The highest BCUT2D eigenvalue weighted by molar-refractivity contribution is 5.84. The molecule has 1 heterocycles. The smallest absolute Gasteiger partial charge is 0.243 e. The molecule has 3 rings (SSSR count). The van der Waals surface area contributed by atoms with Crippen LogP contribution < -0.4 is 4.74 Å². The van der Waals surface area contributed by atoms with Gasteiger partial charge in [0.05, 0.1) is 18.1 Å². The Balaban J connectivity index is 2.03. The van der Waals surface area contributed by atoms with Gasteiger partial charge in [-0.05, 0) is 36.4 Å². The maximum Gasteiger partial charge on any atom is 0.243 e. The second-order valence-corrected chi connectivity index (χ2v) is 6.11. The average molecular weight is 361 g/mol. The van der Waals surface area contributed by atoms with Gasteiger partial charge in [-0.15, -0.1) is 13.2 Å². The number of nitrogens with zero attached hydrogens (tertiary/aromatic N) is 3. The molecule has 0 aliphatic rings. The highest BCUT2D eigenvalue weighted by Crippen LogP contribution is 2.26. The molecule has 0 atom stereocenters. The predicted octanol–water partition coefficient (Wildman–Crippen LogP) is 3.91. The minimum atomic E-state index is -0.00675. The van der Waals surface area contributed by atoms with Gasteiger partial charge in [-0.3, -0.25) is 4.79 Å². The Labute approximate surface area is 159 Å². The van der Waals surface area contributed by atoms with E-state index in [4.69, 9.17) is 9.72 Å². The lowest BCUT2D eigenvalue weighted by molar-refractivity contribution is -0.130. The molecular weight excluding hydrogens is 338 g/mol. The number of hydrogen-bond donors (Lipinski definition) is 0. The Morgan fingerprint density at radius 1 is 1.11 bits per heavy atom. The molecule has 0 bridgehead atoms. The third-order valence-electron chi connectivity index (χ3n) is 4.35. The molecule has 0 radical (unpaired) electrons. The van der Waals surface area contributed by atoms with Crippen molar-refractivity contribution in [3.8, 4) is 17.1 Å². The second-order valence-electron chi connectivity index (χ2n) is 6.11. The topological polar surface area (TPSA) is 47.4 Å². The van der Waals surface area contributed by atoms with Crippen LogP contribution in [0.3, 0.4) is 0 Å². The molecule has 1 amide bonds. The highest BCUT2D eigenvalue weighted by atomic mass is 16.5. The van der Waals surface area contributed by atoms with Gasteiger partial charge < -0.3 is 14.2 Å². The summed E-state index contributed by atoms with van der Waals surface area (Å²) < 4.78 is 7.19. The van der Waals surface area contributed by atoms with Crippen LogP contribution in [0.15, 0.2) is 73.8 Å². The first-order valence-corrected chi connectivity index (χ1v) is 8.77. The summed E-state index contributed by atoms with van der Waals surface area (Å²) >= 11 is 0. The maximum absolute atomic E-state index is 12.9. The monoisotopic (exact) mass is 361 g/mol. The van der Waals surface area contributed by atoms with E-state index in [0.717, 1.165) is 28.2 Å². The minimum absolute atomic E-state index is 0.00675. The van der Waals surface area contributed by atoms with Gasteiger partial charge in [0, 0.05) is 18.7 Å². The van der Waals surface area contributed by atoms with E-state index in [0.29, 0.717) is 13.1 Å². The van der Waals surface area contributed by atoms with E-state index >= 15 is 0 Å². The van der Waals surface area contributed by atoms with Crippen molar-refractivity contribution < 1.29 is 9.53 Å². The van der Waals surface area contributed by atoms with E-state index in [9.17, 15) is 4.79 Å². The Morgan fingerprint density at radius 2 is 1.78 bits per heavy atom. The van der Waals surface area contributed by atoms with Crippen LogP contribution in [0.1, 0.15) is 0 Å². The molecule has 138 valence electrons. The second kappa shape index (κ2) is 8.36. The van der Waals surface area contributed by atoms with E-state index in [2.05, 4.69) is 13.2 Å². The van der Waals surface area contributed by atoms with Gasteiger partial charge in [0.2, 0.25) is 5.91 Å². The largest absolute Gasteiger partial charge is 0.497 e. The van der Waals surface area contributed by atoms with Crippen LogP contribution in [0.4, 0.5) is 0 Å². The molecule has 2 aromatic carbocycles. The van der Waals surface area contributed by atoms with Gasteiger partial charge in [0.1, 0.15) is 18.1 Å². The summed E-state index contributed by atoms with van der Waals surface area (Å²) in [5.41, 5.74) is 2.71. The standard InChI is InChI=1S/C22H23N3O2/c1-4-14-24(15-5-2)21(26)16-25-20-9-7-6-8-19(20)23-22(25)17-10-12-18(27-3)13-11-17/h4-13H,1-2,14-16H2,3H3. The molecule has 0 aliphatic carbocycles. The summed E-state index contributed by atoms with van der Waals surface area (Å²) in [6, 6.07) is 15.5. The van der Waals surface area contributed by atoms with Crippen LogP contribution in [-0.4, -0.2) is 40.6 Å². The Morgan fingerprint density at radius 3 is 2.41 bits per heavy atom. The number of benzene rings is 2. The molecule has 0 saturated carbocycles. The fourth-order valence-electron chi connectivity index (χ4n) is 3.02. The molecule has 0 spiro atoms. The summed E-state index contributed by atoms with van der Waals surface area (Å²) in [7, 11) is 1.64. The molecule has 0 saturated heterocycles. The quantitative estimate of drug-likeness (QED) is 0.572. The lowest BCUT2D eigenvalue weighted by atomic mass is 10.2. The SMILES string of the molecule is C=CCN(CC=C)C(=O)Cn1c(-c2ccc(OC)cc2)nc2ccccc21. The van der Waals surface area contributed by atoms with Crippen molar-refractivity contribution in [2.24, 2.45) is 0 Å². The van der Waals surface area contributed by atoms with Gasteiger partial charge in [0.25, 0.3) is 0 Å². The first-order valence-electron chi connectivity index (χ1n) is 8.77. The zero-order valence-corrected chi connectivity index (χ0v) is 15.5. The fraction of sp³-hybridized carbons (Fsp3) is 0.182. The first-order chi connectivity index (χ1) is 13.2. The third-order valence-corrected chi connectivity index (χ3v) is 4.35. The van der Waals surface area contributed by atoms with Crippen LogP contribution in [-0.2, 0) is 11.3 Å². The average Bonchev–Trinajstić information content (AvgIpc) is 3.06. The fourth-order valence-corrected chi connectivity index (χ4v) is 3.02. The number of amides is 1. The lowest BCUT2D eigenvalue weighted by Crippen LogP contribution is -2.34. The number of rotatable bonds is 8. The van der Waals surface area contributed by atoms with Gasteiger partial charge in [0.15, 0.2) is 0 Å². The number of para-hydroxylation sites is 2. The summed E-state index contributed by atoms with van der Waals surface area (Å²) in [5, 5.41) is 0. The van der Waals surface area contributed by atoms with Crippen LogP contribution in [0.5, 0.6) is 5.75 Å². The number of hydrogen-bond acceptors (Lipinski definition) is 3. The number of carbonyl (C=O) groups is 1. The molecule has 0 N–H and O–H groups in total. The first kappa shape index (κ1) is 18.5. The molecule has 3 aromatic rings. The van der Waals surface area contributed by atoms with Crippen molar-refractivity contribution in [1.29, 1.82) is 0 Å². The van der Waals surface area contributed by atoms with E-state index in [-0.39, 0.29) is 12.5 Å². The van der Waals surface area contributed by atoms with Crippen molar-refractivity contribution in [2.75, 3.05) is 20.2 Å². The number of ether oxygens (including phenoxy) is 1. The van der Waals surface area contributed by atoms with E-state index < -0.39 is 0 Å². The predicted molar refractivity (Wildman–Crippen MR) is 109 cm³/mol. The number of carbonyl (C=O) groups excluding carboxylic acids is 1. The van der Waals surface area contributed by atoms with Crippen LogP contribution in [0.25, 0.3) is 22.4 Å². The number of fused-ring (bicyclic) bond motifs is 1. The normalized spacial score (nSPS) is 10.6. The highest BCUT2D eigenvalue weighted by Gasteiger charge is 2.18. The van der Waals surface area contributed by atoms with Crippen LogP contribution in [0.2, 0.25) is 0 Å². The van der Waals surface area contributed by atoms with Crippen LogP contribution >= 0.6 is 0 Å². The lowest BCUT2D eigenvalue weighted by Gasteiger charge is -2.20. The number of aromatic nitrogens is 2. The maximum atomic E-state index is 12.9. The van der Waals surface area contributed by atoms with Gasteiger partial charge in [-0.25, -0.2) is 4.98 Å². The molecule has 0 aliphatic heterocycles. The van der Waals surface area contributed by atoms with E-state index in [1.807, 2.05) is 53.1 Å². The van der Waals surface area contributed by atoms with E-state index in [1.165, 1.54) is 0 Å². The van der Waals surface area contributed by atoms with Crippen molar-refractivity contribution in [3.63, 3.8) is 0 Å². The Kier molecular flexibility index (Phi) is 5.71. The summed E-state index contributed by atoms with van der Waals surface area (Å²) in [5.74, 6) is 1.53. The molecule has 1 aromatic heterocycles. The zero-order chi connectivity index (χ0) is 19.2. The minimum Gasteiger partial charge on any atom is -0.497 e. The van der Waals surface area contributed by atoms with Gasteiger partial charge in [-0.1, -0.05) is 24.3 Å². The van der Waals surface area contributed by atoms with Crippen molar-refractivity contribution >= 4 is 16.9 Å². The summed E-state index contributed by atoms with van der Waals surface area (Å²) in [4.78, 5) is 19.3. The Bertz CT molecular complexity index is 947. The van der Waals surface area contributed by atoms with Gasteiger partial charge in [-0.2, -0.15) is 0 Å². The summed E-state index contributed by atoms with van der Waals surface area (Å²) in [6.07, 6.45) is 3.44.